The maximum absolute atomic E-state index is 12.5. The first-order chi connectivity index (χ1) is 13.3. The summed E-state index contributed by atoms with van der Waals surface area (Å²) in [6.45, 7) is 1.82. The number of phenolic OH excluding ortho intramolecular Hbond substituents is 1. The van der Waals surface area contributed by atoms with Crippen molar-refractivity contribution in [1.82, 2.24) is 15.3 Å². The van der Waals surface area contributed by atoms with Crippen molar-refractivity contribution in [2.75, 3.05) is 6.61 Å². The summed E-state index contributed by atoms with van der Waals surface area (Å²) in [6.07, 6.45) is 3.30. The molecular formula is C18H14Cl3N3O3S. The van der Waals surface area contributed by atoms with Gasteiger partial charge in [-0.1, -0.05) is 34.8 Å². The first-order valence-electron chi connectivity index (χ1n) is 8.03. The number of aromatic nitrogens is 2. The first kappa shape index (κ1) is 20.7. The van der Waals surface area contributed by atoms with E-state index in [-0.39, 0.29) is 34.2 Å². The molecule has 10 heteroatoms. The van der Waals surface area contributed by atoms with Crippen LogP contribution in [-0.4, -0.2) is 33.6 Å². The molecule has 146 valence electrons. The van der Waals surface area contributed by atoms with Gasteiger partial charge in [0.1, 0.15) is 16.5 Å². The van der Waals surface area contributed by atoms with Crippen molar-refractivity contribution in [2.24, 2.45) is 0 Å². The molecule has 0 aliphatic rings. The Bertz CT molecular complexity index is 975. The zero-order valence-corrected chi connectivity index (χ0v) is 17.5. The molecule has 0 saturated heterocycles. The van der Waals surface area contributed by atoms with Crippen LogP contribution in [0.2, 0.25) is 15.2 Å². The topological polar surface area (TPSA) is 84.3 Å². The maximum atomic E-state index is 12.5. The fourth-order valence-electron chi connectivity index (χ4n) is 2.28. The Hall–Kier alpha value is -2.06. The number of thiazole rings is 1. The second-order valence-electron chi connectivity index (χ2n) is 5.80. The number of amides is 1. The largest absolute Gasteiger partial charge is 0.504 e. The molecule has 0 spiro atoms. The zero-order chi connectivity index (χ0) is 20.3. The Morgan fingerprint density at radius 2 is 2.14 bits per heavy atom. The Morgan fingerprint density at radius 3 is 2.82 bits per heavy atom. The molecule has 1 unspecified atom stereocenters. The molecule has 3 aromatic rings. The van der Waals surface area contributed by atoms with Crippen molar-refractivity contribution >= 4 is 52.0 Å². The van der Waals surface area contributed by atoms with Crippen LogP contribution < -0.4 is 10.1 Å². The van der Waals surface area contributed by atoms with Crippen molar-refractivity contribution in [2.45, 2.75) is 13.0 Å². The molecular weight excluding hydrogens is 445 g/mol. The summed E-state index contributed by atoms with van der Waals surface area (Å²) in [5, 5.41) is 13.8. The number of aromatic hydroxyl groups is 1. The highest BCUT2D eigenvalue weighted by Gasteiger charge is 2.20. The van der Waals surface area contributed by atoms with Crippen molar-refractivity contribution in [3.63, 3.8) is 0 Å². The lowest BCUT2D eigenvalue weighted by atomic mass is 10.3. The lowest BCUT2D eigenvalue weighted by Crippen LogP contribution is -2.36. The van der Waals surface area contributed by atoms with Crippen molar-refractivity contribution in [1.29, 1.82) is 0 Å². The normalized spacial score (nSPS) is 11.9. The van der Waals surface area contributed by atoms with Gasteiger partial charge in [-0.05, 0) is 25.1 Å². The number of rotatable bonds is 6. The average Bonchev–Trinajstić information content (AvgIpc) is 3.03. The standard InChI is InChI=1S/C18H14Cl3N3O3S/c1-9(8-27-14-12(20)5-11(19)6-13(14)25)23-17(26)15-16(21)24-18(28-15)10-3-2-4-22-7-10/h2-7,9,25H,8H2,1H3,(H,23,26). The molecule has 0 fully saturated rings. The number of halogens is 3. The predicted octanol–water partition coefficient (Wildman–Crippen LogP) is 5.07. The summed E-state index contributed by atoms with van der Waals surface area (Å²) >= 11 is 19.1. The molecule has 2 N–H and O–H groups in total. The molecule has 0 radical (unpaired) electrons. The number of ether oxygens (including phenoxy) is 1. The molecule has 28 heavy (non-hydrogen) atoms. The average molecular weight is 459 g/mol. The van der Waals surface area contributed by atoms with E-state index in [0.29, 0.717) is 14.9 Å². The van der Waals surface area contributed by atoms with E-state index in [1.165, 1.54) is 23.5 Å². The second kappa shape index (κ2) is 8.96. The molecule has 0 bridgehead atoms. The van der Waals surface area contributed by atoms with Gasteiger partial charge < -0.3 is 15.2 Å². The van der Waals surface area contributed by atoms with Gasteiger partial charge in [0.2, 0.25) is 0 Å². The quantitative estimate of drug-likeness (QED) is 0.539. The van der Waals surface area contributed by atoms with Gasteiger partial charge in [-0.3, -0.25) is 9.78 Å². The number of pyridine rings is 1. The van der Waals surface area contributed by atoms with E-state index in [2.05, 4.69) is 15.3 Å². The van der Waals surface area contributed by atoms with Gasteiger partial charge in [0.25, 0.3) is 5.91 Å². The smallest absolute Gasteiger partial charge is 0.264 e. The third-order valence-electron chi connectivity index (χ3n) is 3.54. The minimum atomic E-state index is -0.390. The van der Waals surface area contributed by atoms with Gasteiger partial charge in [-0.15, -0.1) is 11.3 Å². The number of nitrogens with zero attached hydrogens (tertiary/aromatic N) is 2. The molecule has 0 aliphatic carbocycles. The van der Waals surface area contributed by atoms with Gasteiger partial charge in [0.05, 0.1) is 11.1 Å². The van der Waals surface area contributed by atoms with E-state index < -0.39 is 6.04 Å². The third-order valence-corrected chi connectivity index (χ3v) is 5.53. The van der Waals surface area contributed by atoms with Crippen LogP contribution in [0.4, 0.5) is 0 Å². The van der Waals surface area contributed by atoms with E-state index in [9.17, 15) is 9.90 Å². The molecule has 0 saturated carbocycles. The molecule has 2 heterocycles. The van der Waals surface area contributed by atoms with E-state index in [1.54, 1.807) is 25.4 Å². The number of nitrogens with one attached hydrogen (secondary N) is 1. The fourth-order valence-corrected chi connectivity index (χ4v) is 4.01. The van der Waals surface area contributed by atoms with Crippen molar-refractivity contribution in [3.05, 3.63) is 56.7 Å². The predicted molar refractivity (Wildman–Crippen MR) is 111 cm³/mol. The van der Waals surface area contributed by atoms with Gasteiger partial charge in [0.15, 0.2) is 16.7 Å². The van der Waals surface area contributed by atoms with Crippen LogP contribution in [0.25, 0.3) is 10.6 Å². The summed E-state index contributed by atoms with van der Waals surface area (Å²) in [7, 11) is 0. The Morgan fingerprint density at radius 1 is 1.36 bits per heavy atom. The van der Waals surface area contributed by atoms with E-state index in [1.807, 2.05) is 6.07 Å². The van der Waals surface area contributed by atoms with Crippen LogP contribution in [0, 0.1) is 0 Å². The molecule has 3 rings (SSSR count). The number of hydrogen-bond donors (Lipinski definition) is 2. The van der Waals surface area contributed by atoms with Gasteiger partial charge >= 0.3 is 0 Å². The monoisotopic (exact) mass is 457 g/mol. The second-order valence-corrected chi connectivity index (χ2v) is 8.00. The fraction of sp³-hybridized carbons (Fsp3) is 0.167. The lowest BCUT2D eigenvalue weighted by Gasteiger charge is -2.16. The SMILES string of the molecule is CC(COc1c(O)cc(Cl)cc1Cl)NC(=O)c1sc(-c2cccnc2)nc1Cl. The summed E-state index contributed by atoms with van der Waals surface area (Å²) in [6, 6.07) is 6.00. The zero-order valence-electron chi connectivity index (χ0n) is 14.4. The Kier molecular flexibility index (Phi) is 6.61. The van der Waals surface area contributed by atoms with Gasteiger partial charge in [-0.25, -0.2) is 4.98 Å². The number of carbonyl (C=O) groups is 1. The van der Waals surface area contributed by atoms with Crippen LogP contribution in [0.5, 0.6) is 11.5 Å². The molecule has 6 nitrogen and oxygen atoms in total. The first-order valence-corrected chi connectivity index (χ1v) is 9.98. The van der Waals surface area contributed by atoms with E-state index in [4.69, 9.17) is 39.5 Å². The van der Waals surface area contributed by atoms with Crippen LogP contribution in [-0.2, 0) is 0 Å². The molecule has 1 atom stereocenters. The van der Waals surface area contributed by atoms with E-state index >= 15 is 0 Å². The highest BCUT2D eigenvalue weighted by Crippen LogP contribution is 2.37. The summed E-state index contributed by atoms with van der Waals surface area (Å²) in [4.78, 5) is 21.1. The van der Waals surface area contributed by atoms with Gasteiger partial charge in [0, 0.05) is 29.0 Å². The Labute approximate surface area is 180 Å². The highest BCUT2D eigenvalue weighted by molar-refractivity contribution is 7.17. The van der Waals surface area contributed by atoms with Gasteiger partial charge in [-0.2, -0.15) is 0 Å². The highest BCUT2D eigenvalue weighted by atomic mass is 35.5. The molecule has 1 amide bonds. The minimum Gasteiger partial charge on any atom is -0.504 e. The van der Waals surface area contributed by atoms with Crippen molar-refractivity contribution in [3.8, 4) is 22.1 Å². The van der Waals surface area contributed by atoms with Crippen LogP contribution >= 0.6 is 46.1 Å². The minimum absolute atomic E-state index is 0.0759. The van der Waals surface area contributed by atoms with Crippen LogP contribution in [0.3, 0.4) is 0 Å². The molecule has 2 aromatic heterocycles. The van der Waals surface area contributed by atoms with Crippen molar-refractivity contribution < 1.29 is 14.6 Å². The number of hydrogen-bond acceptors (Lipinski definition) is 6. The van der Waals surface area contributed by atoms with Crippen LogP contribution in [0.15, 0.2) is 36.7 Å². The summed E-state index contributed by atoms with van der Waals surface area (Å²) < 4.78 is 5.52. The Balaban J connectivity index is 1.64. The third kappa shape index (κ3) is 4.86. The van der Waals surface area contributed by atoms with Crippen LogP contribution in [0.1, 0.15) is 16.6 Å². The summed E-state index contributed by atoms with van der Waals surface area (Å²) in [5.41, 5.74) is 0.776. The summed E-state index contributed by atoms with van der Waals surface area (Å²) in [5.74, 6) is -0.454. The number of phenols is 1. The lowest BCUT2D eigenvalue weighted by molar-refractivity contribution is 0.0930. The molecule has 1 aromatic carbocycles. The number of benzene rings is 1. The number of carbonyl (C=O) groups excluding carboxylic acids is 1. The maximum Gasteiger partial charge on any atom is 0.264 e. The molecule has 0 aliphatic heterocycles. The van der Waals surface area contributed by atoms with E-state index in [0.717, 1.165) is 5.56 Å².